The molecular formula is C25H26ClF5N9O+. The number of halogens is 6. The van der Waals surface area contributed by atoms with E-state index < -0.39 is 24.7 Å². The number of benzene rings is 1. The van der Waals surface area contributed by atoms with E-state index in [2.05, 4.69) is 30.9 Å². The largest absolute Gasteiger partial charge is 0.446 e. The van der Waals surface area contributed by atoms with Crippen LogP contribution in [0.1, 0.15) is 11.1 Å². The molecular weight excluding hydrogens is 573 g/mol. The molecule has 0 unspecified atom stereocenters. The van der Waals surface area contributed by atoms with Crippen LogP contribution < -0.4 is 26.0 Å². The van der Waals surface area contributed by atoms with E-state index in [4.69, 9.17) is 21.7 Å². The molecule has 1 aromatic carbocycles. The number of ether oxygens (including phenoxy) is 1. The van der Waals surface area contributed by atoms with Crippen LogP contribution in [0.2, 0.25) is 5.02 Å². The molecule has 0 saturated carbocycles. The van der Waals surface area contributed by atoms with Crippen LogP contribution in [0.5, 0.6) is 5.75 Å². The van der Waals surface area contributed by atoms with Gasteiger partial charge in [0, 0.05) is 32.4 Å². The minimum atomic E-state index is -4.64. The summed E-state index contributed by atoms with van der Waals surface area (Å²) in [6, 6.07) is 3.77. The number of fused-ring (bicyclic) bond motifs is 1. The Labute approximate surface area is 235 Å². The second-order valence-corrected chi connectivity index (χ2v) is 9.10. The molecule has 4 rings (SSSR count). The number of alkyl halides is 5. The SMILES string of the molecule is Cn1c(Nc2ccc(CNCCNCC(F)F)c(C(F)(F)F)c2)nc2ncc(O/C(C=N)=C3\C=NC=C[NH2+]3)c(Cl)c21. The summed E-state index contributed by atoms with van der Waals surface area (Å²) in [6.07, 6.45) is 0.0129. The zero-order valence-electron chi connectivity index (χ0n) is 21.6. The molecule has 16 heteroatoms. The van der Waals surface area contributed by atoms with Gasteiger partial charge in [0.2, 0.25) is 11.7 Å². The molecule has 41 heavy (non-hydrogen) atoms. The number of pyridine rings is 1. The topological polar surface area (TPSA) is 129 Å². The monoisotopic (exact) mass is 598 g/mol. The first-order chi connectivity index (χ1) is 19.6. The second-order valence-electron chi connectivity index (χ2n) is 8.72. The number of nitrogens with zero attached hydrogens (tertiary/aromatic N) is 4. The Morgan fingerprint density at radius 2 is 2.02 bits per heavy atom. The highest BCUT2D eigenvalue weighted by atomic mass is 35.5. The lowest BCUT2D eigenvalue weighted by Gasteiger charge is -2.16. The number of hydrogen-bond acceptors (Lipinski definition) is 8. The zero-order valence-corrected chi connectivity index (χ0v) is 22.3. The van der Waals surface area contributed by atoms with E-state index in [-0.39, 0.29) is 59.0 Å². The lowest BCUT2D eigenvalue weighted by atomic mass is 10.1. The van der Waals surface area contributed by atoms with Crippen molar-refractivity contribution in [2.75, 3.05) is 25.0 Å². The van der Waals surface area contributed by atoms with E-state index in [1.165, 1.54) is 29.1 Å². The molecule has 0 amide bonds. The van der Waals surface area contributed by atoms with Gasteiger partial charge in [-0.2, -0.15) is 18.2 Å². The van der Waals surface area contributed by atoms with Crippen LogP contribution in [0.15, 0.2) is 53.2 Å². The molecule has 2 aromatic heterocycles. The van der Waals surface area contributed by atoms with Crippen molar-refractivity contribution >= 4 is 46.8 Å². The fourth-order valence-electron chi connectivity index (χ4n) is 3.91. The summed E-state index contributed by atoms with van der Waals surface area (Å²) >= 11 is 6.60. The van der Waals surface area contributed by atoms with Crippen LogP contribution in [-0.4, -0.2) is 53.0 Å². The van der Waals surface area contributed by atoms with Gasteiger partial charge in [0.05, 0.1) is 36.9 Å². The maximum atomic E-state index is 13.9. The Morgan fingerprint density at radius 3 is 2.71 bits per heavy atom. The predicted octanol–water partition coefficient (Wildman–Crippen LogP) is 3.69. The summed E-state index contributed by atoms with van der Waals surface area (Å²) in [5.74, 6) is 0.510. The summed E-state index contributed by atoms with van der Waals surface area (Å²) in [5.41, 5.74) is 0.406. The van der Waals surface area contributed by atoms with Crippen molar-refractivity contribution in [2.45, 2.75) is 19.1 Å². The van der Waals surface area contributed by atoms with Gasteiger partial charge in [0.15, 0.2) is 17.1 Å². The number of aliphatic imine (C=N–C) groups is 1. The summed E-state index contributed by atoms with van der Waals surface area (Å²) in [4.78, 5) is 12.6. The molecule has 0 fully saturated rings. The fourth-order valence-corrected chi connectivity index (χ4v) is 4.21. The van der Waals surface area contributed by atoms with Gasteiger partial charge in [-0.1, -0.05) is 17.7 Å². The number of imidazole rings is 1. The molecule has 0 bridgehead atoms. The van der Waals surface area contributed by atoms with Crippen molar-refractivity contribution < 1.29 is 32.0 Å². The molecule has 0 aliphatic carbocycles. The molecule has 0 radical (unpaired) electrons. The first-order valence-corrected chi connectivity index (χ1v) is 12.6. The minimum Gasteiger partial charge on any atom is -0.446 e. The van der Waals surface area contributed by atoms with Gasteiger partial charge in [0.25, 0.3) is 6.43 Å². The first-order valence-electron chi connectivity index (χ1n) is 12.2. The Bertz CT molecular complexity index is 1500. The third-order valence-electron chi connectivity index (χ3n) is 5.87. The Morgan fingerprint density at radius 1 is 1.24 bits per heavy atom. The van der Waals surface area contributed by atoms with E-state index in [1.807, 2.05) is 0 Å². The molecule has 3 aromatic rings. The highest BCUT2D eigenvalue weighted by Crippen LogP contribution is 2.36. The number of allylic oxidation sites excluding steroid dienone is 2. The molecule has 10 nitrogen and oxygen atoms in total. The highest BCUT2D eigenvalue weighted by molar-refractivity contribution is 6.36. The van der Waals surface area contributed by atoms with Crippen LogP contribution in [0.4, 0.5) is 33.6 Å². The van der Waals surface area contributed by atoms with Crippen molar-refractivity contribution in [1.29, 1.82) is 5.41 Å². The van der Waals surface area contributed by atoms with Crippen molar-refractivity contribution in [3.8, 4) is 5.75 Å². The Balaban J connectivity index is 1.54. The summed E-state index contributed by atoms with van der Waals surface area (Å²) in [7, 11) is 1.61. The van der Waals surface area contributed by atoms with E-state index in [0.29, 0.717) is 11.2 Å². The van der Waals surface area contributed by atoms with Gasteiger partial charge >= 0.3 is 6.18 Å². The summed E-state index contributed by atoms with van der Waals surface area (Å²) < 4.78 is 73.3. The lowest BCUT2D eigenvalue weighted by molar-refractivity contribution is -0.528. The van der Waals surface area contributed by atoms with Crippen molar-refractivity contribution in [3.05, 3.63) is 64.4 Å². The van der Waals surface area contributed by atoms with E-state index in [9.17, 15) is 22.0 Å². The minimum absolute atomic E-state index is 0.000260. The smallest absolute Gasteiger partial charge is 0.416 e. The van der Waals surface area contributed by atoms with Crippen molar-refractivity contribution in [1.82, 2.24) is 25.2 Å². The molecule has 1 aliphatic rings. The van der Waals surface area contributed by atoms with E-state index in [1.54, 1.807) is 24.8 Å². The van der Waals surface area contributed by atoms with Gasteiger partial charge in [-0.05, 0) is 17.7 Å². The zero-order chi connectivity index (χ0) is 29.6. The average molecular weight is 599 g/mol. The van der Waals surface area contributed by atoms with Crippen LogP contribution in [0, 0.1) is 5.41 Å². The average Bonchev–Trinajstić information content (AvgIpc) is 3.26. The third kappa shape index (κ3) is 7.43. The first kappa shape index (κ1) is 30.0. The van der Waals surface area contributed by atoms with E-state index >= 15 is 0 Å². The van der Waals surface area contributed by atoms with Crippen molar-refractivity contribution in [2.24, 2.45) is 12.0 Å². The van der Waals surface area contributed by atoms with Gasteiger partial charge in [-0.25, -0.2) is 13.8 Å². The Hall–Kier alpha value is -3.92. The number of quaternary nitrogens is 1. The third-order valence-corrected chi connectivity index (χ3v) is 6.23. The molecule has 6 N–H and O–H groups in total. The number of rotatable bonds is 12. The molecule has 0 atom stereocenters. The number of anilines is 2. The van der Waals surface area contributed by atoms with Gasteiger partial charge in [-0.3, -0.25) is 10.3 Å². The normalized spacial score (nSPS) is 14.6. The standard InChI is InChI=1S/C25H25ClF5N9O/c1-40-22-21(26)19(41-18(9-32)17-11-34-6-7-36-17)12-37-23(22)39-24(40)38-15-3-2-14(16(8-15)25(29,30)31)10-33-4-5-35-13-20(27)28/h2-3,6-9,11-12,20,32-33,35-36H,4-5,10,13H2,1H3,(H,37,38,39)/p+1/b18-17+,32-9?. The number of hydrogen-bond donors (Lipinski definition) is 5. The predicted molar refractivity (Wildman–Crippen MR) is 145 cm³/mol. The highest BCUT2D eigenvalue weighted by Gasteiger charge is 2.33. The van der Waals surface area contributed by atoms with Gasteiger partial charge in [-0.15, -0.1) is 0 Å². The summed E-state index contributed by atoms with van der Waals surface area (Å²) in [5, 5.41) is 17.8. The van der Waals surface area contributed by atoms with Crippen LogP contribution in [-0.2, 0) is 19.8 Å². The fraction of sp³-hybridized carbons (Fsp3) is 0.280. The second kappa shape index (κ2) is 13.2. The van der Waals surface area contributed by atoms with Gasteiger partial charge in [0.1, 0.15) is 16.7 Å². The Kier molecular flexibility index (Phi) is 9.65. The number of nitrogens with two attached hydrogens (primary N) is 1. The molecule has 1 aliphatic heterocycles. The summed E-state index contributed by atoms with van der Waals surface area (Å²) in [6.45, 7) is -0.189. The van der Waals surface area contributed by atoms with Crippen molar-refractivity contribution in [3.63, 3.8) is 0 Å². The molecule has 0 saturated heterocycles. The van der Waals surface area contributed by atoms with Crippen LogP contribution in [0.25, 0.3) is 11.2 Å². The quantitative estimate of drug-likeness (QED) is 0.0936. The molecule has 0 spiro atoms. The van der Waals surface area contributed by atoms with Crippen LogP contribution in [0.3, 0.4) is 0 Å². The number of aromatic nitrogens is 3. The maximum Gasteiger partial charge on any atom is 0.416 e. The number of aryl methyl sites for hydroxylation is 1. The van der Waals surface area contributed by atoms with Crippen LogP contribution >= 0.6 is 11.6 Å². The van der Waals surface area contributed by atoms with E-state index in [0.717, 1.165) is 12.3 Å². The molecule has 218 valence electrons. The number of nitrogens with one attached hydrogen (secondary N) is 4. The van der Waals surface area contributed by atoms with Gasteiger partial charge < -0.3 is 30.7 Å². The molecule has 3 heterocycles. The lowest BCUT2D eigenvalue weighted by Crippen LogP contribution is -2.77. The maximum absolute atomic E-state index is 13.9.